The van der Waals surface area contributed by atoms with E-state index in [2.05, 4.69) is 9.97 Å². The van der Waals surface area contributed by atoms with E-state index in [0.29, 0.717) is 13.1 Å². The first kappa shape index (κ1) is 17.9. The van der Waals surface area contributed by atoms with Crippen molar-refractivity contribution < 1.29 is 8.78 Å². The first-order valence-corrected chi connectivity index (χ1v) is 9.52. The number of alkyl halides is 2. The van der Waals surface area contributed by atoms with Gasteiger partial charge in [0.05, 0.1) is 24.1 Å². The monoisotopic (exact) mass is 391 g/mol. The van der Waals surface area contributed by atoms with E-state index in [1.54, 1.807) is 23.5 Å². The molecule has 0 spiro atoms. The fourth-order valence-corrected chi connectivity index (χ4v) is 3.73. The largest absolute Gasteiger partial charge is 0.293 e. The van der Waals surface area contributed by atoms with E-state index in [-0.39, 0.29) is 13.0 Å². The number of nitrogens with zero attached hydrogens (tertiary/aromatic N) is 5. The zero-order chi connectivity index (χ0) is 19.8. The van der Waals surface area contributed by atoms with E-state index in [1.165, 1.54) is 0 Å². The van der Waals surface area contributed by atoms with Gasteiger partial charge in [-0.15, -0.1) is 0 Å². The van der Waals surface area contributed by atoms with Crippen LogP contribution in [0.3, 0.4) is 0 Å². The average Bonchev–Trinajstić information content (AvgIpc) is 3.31. The molecule has 1 saturated heterocycles. The van der Waals surface area contributed by atoms with Gasteiger partial charge in [0.15, 0.2) is 5.65 Å². The van der Waals surface area contributed by atoms with Crippen LogP contribution in [0.5, 0.6) is 0 Å². The summed E-state index contributed by atoms with van der Waals surface area (Å²) in [5.74, 6) is -2.56. The van der Waals surface area contributed by atoms with Crippen molar-refractivity contribution in [2.24, 2.45) is 0 Å². The second-order valence-electron chi connectivity index (χ2n) is 7.38. The van der Waals surface area contributed by atoms with Gasteiger partial charge in [-0.05, 0) is 29.8 Å². The smallest absolute Gasteiger partial charge is 0.261 e. The number of benzene rings is 1. The predicted octanol–water partition coefficient (Wildman–Crippen LogP) is 4.30. The first-order valence-electron chi connectivity index (χ1n) is 9.52. The van der Waals surface area contributed by atoms with Gasteiger partial charge in [-0.3, -0.25) is 9.88 Å². The third-order valence-electron chi connectivity index (χ3n) is 5.24. The number of rotatable bonds is 4. The van der Waals surface area contributed by atoms with Gasteiger partial charge in [-0.25, -0.2) is 18.3 Å². The molecule has 5 rings (SSSR count). The minimum atomic E-state index is -2.56. The summed E-state index contributed by atoms with van der Waals surface area (Å²) in [5.41, 5.74) is 5.47. The maximum atomic E-state index is 13.4. The number of hydrogen-bond donors (Lipinski definition) is 0. The van der Waals surface area contributed by atoms with Crippen LogP contribution >= 0.6 is 0 Å². The fourth-order valence-electron chi connectivity index (χ4n) is 3.73. The first-order chi connectivity index (χ1) is 14.1. The lowest BCUT2D eigenvalue weighted by Gasteiger charge is -2.15. The summed E-state index contributed by atoms with van der Waals surface area (Å²) in [6.07, 6.45) is 5.23. The normalized spacial score (nSPS) is 16.5. The molecule has 1 fully saturated rings. The molecular weight excluding hydrogens is 372 g/mol. The van der Waals surface area contributed by atoms with Gasteiger partial charge >= 0.3 is 0 Å². The van der Waals surface area contributed by atoms with Crippen molar-refractivity contribution in [3.63, 3.8) is 0 Å². The average molecular weight is 391 g/mol. The van der Waals surface area contributed by atoms with Gasteiger partial charge < -0.3 is 0 Å². The molecule has 5 nitrogen and oxygen atoms in total. The zero-order valence-corrected chi connectivity index (χ0v) is 15.7. The van der Waals surface area contributed by atoms with Gasteiger partial charge in [-0.1, -0.05) is 24.3 Å². The summed E-state index contributed by atoms with van der Waals surface area (Å²) < 4.78 is 28.6. The molecule has 1 aromatic carbocycles. The van der Waals surface area contributed by atoms with Crippen molar-refractivity contribution in [2.75, 3.05) is 13.1 Å². The molecule has 0 unspecified atom stereocenters. The number of likely N-dealkylation sites (tertiary alicyclic amines) is 1. The lowest BCUT2D eigenvalue weighted by Crippen LogP contribution is -2.24. The molecule has 0 radical (unpaired) electrons. The summed E-state index contributed by atoms with van der Waals surface area (Å²) in [5, 5.41) is 4.74. The molecule has 0 aliphatic carbocycles. The van der Waals surface area contributed by atoms with Crippen LogP contribution in [0.15, 0.2) is 67.1 Å². The van der Waals surface area contributed by atoms with Crippen LogP contribution in [0, 0.1) is 0 Å². The molecule has 0 atom stereocenters. The van der Waals surface area contributed by atoms with Crippen LogP contribution in [0.25, 0.3) is 28.2 Å². The highest BCUT2D eigenvalue weighted by Gasteiger charge is 2.37. The number of halogens is 2. The standard InChI is InChI=1S/C22H19F2N5/c23-22(24)9-12-28(15-22)14-16-1-3-18(4-2-16)20-13-26-21-6-5-19(27-29(20)21)17-7-10-25-11-8-17/h1-8,10-11,13H,9,12,14-15H2. The number of fused-ring (bicyclic) bond motifs is 1. The molecule has 0 saturated carbocycles. The van der Waals surface area contributed by atoms with E-state index in [0.717, 1.165) is 33.7 Å². The van der Waals surface area contributed by atoms with E-state index in [4.69, 9.17) is 5.10 Å². The molecule has 0 bridgehead atoms. The highest BCUT2D eigenvalue weighted by Crippen LogP contribution is 2.28. The summed E-state index contributed by atoms with van der Waals surface area (Å²) in [4.78, 5) is 10.3. The quantitative estimate of drug-likeness (QED) is 0.520. The Labute approximate surface area is 166 Å². The fraction of sp³-hybridized carbons (Fsp3) is 0.227. The molecule has 3 aromatic heterocycles. The number of pyridine rings is 1. The van der Waals surface area contributed by atoms with E-state index in [9.17, 15) is 8.78 Å². The SMILES string of the molecule is FC1(F)CCN(Cc2ccc(-c3cnc4ccc(-c5ccncc5)nn34)cc2)C1. The summed E-state index contributed by atoms with van der Waals surface area (Å²) >= 11 is 0. The van der Waals surface area contributed by atoms with Crippen molar-refractivity contribution >= 4 is 5.65 Å². The lowest BCUT2D eigenvalue weighted by atomic mass is 10.1. The number of imidazole rings is 1. The van der Waals surface area contributed by atoms with Crippen molar-refractivity contribution in [1.82, 2.24) is 24.5 Å². The van der Waals surface area contributed by atoms with Gasteiger partial charge in [0.25, 0.3) is 5.92 Å². The molecule has 7 heteroatoms. The van der Waals surface area contributed by atoms with Gasteiger partial charge in [-0.2, -0.15) is 5.10 Å². The predicted molar refractivity (Wildman–Crippen MR) is 106 cm³/mol. The Morgan fingerprint density at radius 3 is 2.45 bits per heavy atom. The van der Waals surface area contributed by atoms with Crippen LogP contribution in [0.2, 0.25) is 0 Å². The number of hydrogen-bond acceptors (Lipinski definition) is 4. The van der Waals surface area contributed by atoms with E-state index in [1.807, 2.05) is 53.0 Å². The topological polar surface area (TPSA) is 46.3 Å². The molecule has 146 valence electrons. The Balaban J connectivity index is 1.42. The van der Waals surface area contributed by atoms with Gasteiger partial charge in [0.2, 0.25) is 0 Å². The zero-order valence-electron chi connectivity index (χ0n) is 15.7. The molecular formula is C22H19F2N5. The highest BCUT2D eigenvalue weighted by molar-refractivity contribution is 5.65. The highest BCUT2D eigenvalue weighted by atomic mass is 19.3. The summed E-state index contributed by atoms with van der Waals surface area (Å²) in [6.45, 7) is 0.806. The molecule has 1 aliphatic rings. The number of aromatic nitrogens is 4. The Morgan fingerprint density at radius 1 is 0.931 bits per heavy atom. The van der Waals surface area contributed by atoms with Crippen LogP contribution in [-0.2, 0) is 6.54 Å². The van der Waals surface area contributed by atoms with Crippen molar-refractivity contribution in [3.8, 4) is 22.5 Å². The summed E-state index contributed by atoms with van der Waals surface area (Å²) in [7, 11) is 0. The van der Waals surface area contributed by atoms with Crippen molar-refractivity contribution in [3.05, 3.63) is 72.7 Å². The third kappa shape index (κ3) is 3.61. The molecule has 1 aliphatic heterocycles. The van der Waals surface area contributed by atoms with E-state index >= 15 is 0 Å². The molecule has 0 N–H and O–H groups in total. The molecule has 29 heavy (non-hydrogen) atoms. The molecule has 4 heterocycles. The van der Waals surface area contributed by atoms with Gasteiger partial charge in [0.1, 0.15) is 0 Å². The Kier molecular flexibility index (Phi) is 4.32. The Morgan fingerprint density at radius 2 is 1.72 bits per heavy atom. The molecule has 0 amide bonds. The maximum absolute atomic E-state index is 13.4. The van der Waals surface area contributed by atoms with Crippen LogP contribution in [0.1, 0.15) is 12.0 Å². The Hall–Kier alpha value is -3.19. The second-order valence-corrected chi connectivity index (χ2v) is 7.38. The second kappa shape index (κ2) is 7.00. The minimum Gasteiger partial charge on any atom is -0.293 e. The lowest BCUT2D eigenvalue weighted by molar-refractivity contribution is 0.0115. The Bertz CT molecular complexity index is 1140. The van der Waals surface area contributed by atoms with Crippen LogP contribution in [0.4, 0.5) is 8.78 Å². The third-order valence-corrected chi connectivity index (χ3v) is 5.24. The maximum Gasteiger partial charge on any atom is 0.261 e. The van der Waals surface area contributed by atoms with Crippen LogP contribution in [-0.4, -0.2) is 43.5 Å². The van der Waals surface area contributed by atoms with E-state index < -0.39 is 5.92 Å². The van der Waals surface area contributed by atoms with Gasteiger partial charge in [0, 0.05) is 43.0 Å². The summed E-state index contributed by atoms with van der Waals surface area (Å²) in [6, 6.07) is 15.7. The minimum absolute atomic E-state index is 0.0572. The van der Waals surface area contributed by atoms with Crippen LogP contribution < -0.4 is 0 Å². The van der Waals surface area contributed by atoms with Crippen molar-refractivity contribution in [2.45, 2.75) is 18.9 Å². The molecule has 4 aromatic rings. The van der Waals surface area contributed by atoms with Crippen molar-refractivity contribution in [1.29, 1.82) is 0 Å².